The van der Waals surface area contributed by atoms with Gasteiger partial charge in [0.15, 0.2) is 0 Å². The van der Waals surface area contributed by atoms with Crippen LogP contribution in [0.3, 0.4) is 0 Å². The first-order chi connectivity index (χ1) is 39.4. The lowest BCUT2D eigenvalue weighted by Gasteiger charge is -2.13. The number of hydrogen-bond donors (Lipinski definition) is 0. The lowest BCUT2D eigenvalue weighted by molar-refractivity contribution is -0.138. The van der Waals surface area contributed by atoms with E-state index in [4.69, 9.17) is 52.1 Å². The zero-order valence-corrected chi connectivity index (χ0v) is 45.3. The molecule has 81 heavy (non-hydrogen) atoms. The molecule has 5 rings (SSSR count). The standard InChI is InChI=1S/C63H68O18/c1-4-57(64)75-40-16-10-7-13-37-71-49-25-19-46(20-26-49)60(67)79-53-33-31-52(32-34-53)74-43-44-78-63(70)55-45-54(80-61(68)47-21-27-50(28-22-47)72-38-14-8-11-17-41-76-58(65)5-2)35-36-56(55)81-62(69)48-23-29-51(30-24-48)73-39-15-9-12-18-42-77-59(66)6-3/h4-6,19-36,45H,1-3,7-18,37-44H2. The third-order valence-electron chi connectivity index (χ3n) is 11.6. The summed E-state index contributed by atoms with van der Waals surface area (Å²) >= 11 is 0. The fourth-order valence-electron chi connectivity index (χ4n) is 7.29. The lowest BCUT2D eigenvalue weighted by Crippen LogP contribution is -2.16. The Kier molecular flexibility index (Phi) is 27.9. The summed E-state index contributed by atoms with van der Waals surface area (Å²) in [7, 11) is 0. The number of hydrogen-bond acceptors (Lipinski definition) is 18. The third kappa shape index (κ3) is 24.2. The monoisotopic (exact) mass is 1110 g/mol. The highest BCUT2D eigenvalue weighted by Gasteiger charge is 2.21. The molecule has 0 heterocycles. The van der Waals surface area contributed by atoms with Crippen LogP contribution in [-0.4, -0.2) is 94.6 Å². The van der Waals surface area contributed by atoms with Crippen molar-refractivity contribution < 1.29 is 85.7 Å². The Labute approximate surface area is 471 Å². The van der Waals surface area contributed by atoms with Crippen molar-refractivity contribution in [2.24, 2.45) is 0 Å². The topological polar surface area (TPSA) is 221 Å². The highest BCUT2D eigenvalue weighted by molar-refractivity contribution is 5.97. The van der Waals surface area contributed by atoms with Crippen LogP contribution in [0.1, 0.15) is 118 Å². The van der Waals surface area contributed by atoms with Crippen LogP contribution >= 0.6 is 0 Å². The zero-order chi connectivity index (χ0) is 57.9. The largest absolute Gasteiger partial charge is 0.494 e. The Morgan fingerprint density at radius 2 is 0.605 bits per heavy atom. The second-order valence-electron chi connectivity index (χ2n) is 17.8. The van der Waals surface area contributed by atoms with E-state index in [2.05, 4.69) is 19.7 Å². The van der Waals surface area contributed by atoms with Gasteiger partial charge >= 0.3 is 41.8 Å². The SMILES string of the molecule is C=CC(=O)OCCCCCCOc1ccc(C(=O)Oc2ccc(OCCOC(=O)c3cc(OC(=O)c4ccc(OCCCCCCOC(=O)C=C)cc4)ccc3OC(=O)c3ccc(OCCCCCCOC(=O)C=C)cc3)cc2)cc1. The van der Waals surface area contributed by atoms with Gasteiger partial charge < -0.3 is 52.1 Å². The van der Waals surface area contributed by atoms with Gasteiger partial charge in [0.05, 0.1) is 56.3 Å². The summed E-state index contributed by atoms with van der Waals surface area (Å²) in [4.78, 5) is 86.7. The van der Waals surface area contributed by atoms with Crippen molar-refractivity contribution >= 4 is 41.8 Å². The Morgan fingerprint density at radius 1 is 0.296 bits per heavy atom. The molecule has 18 heteroatoms. The number of esters is 7. The minimum Gasteiger partial charge on any atom is -0.494 e. The van der Waals surface area contributed by atoms with E-state index in [1.54, 1.807) is 84.9 Å². The Balaban J connectivity index is 1.11. The molecule has 0 aromatic heterocycles. The predicted molar refractivity (Wildman–Crippen MR) is 298 cm³/mol. The normalized spacial score (nSPS) is 10.5. The van der Waals surface area contributed by atoms with Gasteiger partial charge in [-0.1, -0.05) is 19.7 Å². The number of carbonyl (C=O) groups is 7. The first-order valence-electron chi connectivity index (χ1n) is 26.7. The van der Waals surface area contributed by atoms with E-state index in [1.807, 2.05) is 0 Å². The number of ether oxygens (including phenoxy) is 11. The van der Waals surface area contributed by atoms with Gasteiger partial charge in [-0.15, -0.1) is 0 Å². The Morgan fingerprint density at radius 3 is 0.988 bits per heavy atom. The molecule has 5 aromatic carbocycles. The summed E-state index contributed by atoms with van der Waals surface area (Å²) in [6.07, 6.45) is 13.2. The summed E-state index contributed by atoms with van der Waals surface area (Å²) in [6, 6.07) is 29.5. The average Bonchev–Trinajstić information content (AvgIpc) is 3.48. The van der Waals surface area contributed by atoms with Crippen molar-refractivity contribution in [2.45, 2.75) is 77.0 Å². The van der Waals surface area contributed by atoms with E-state index in [0.29, 0.717) is 68.2 Å². The number of unbranched alkanes of at least 4 members (excludes halogenated alkanes) is 9. The van der Waals surface area contributed by atoms with Crippen LogP contribution in [0.2, 0.25) is 0 Å². The van der Waals surface area contributed by atoms with Gasteiger partial charge in [-0.3, -0.25) is 0 Å². The van der Waals surface area contributed by atoms with Crippen LogP contribution in [0.15, 0.2) is 153 Å². The molecule has 5 aromatic rings. The van der Waals surface area contributed by atoms with Crippen LogP contribution in [0.5, 0.6) is 40.2 Å². The molecule has 0 aliphatic heterocycles. The summed E-state index contributed by atoms with van der Waals surface area (Å²) in [5.41, 5.74) is 0.479. The second-order valence-corrected chi connectivity index (χ2v) is 17.8. The quantitative estimate of drug-likeness (QED) is 0.0118. The van der Waals surface area contributed by atoms with Crippen LogP contribution in [-0.2, 0) is 33.3 Å². The van der Waals surface area contributed by atoms with Crippen molar-refractivity contribution in [3.63, 3.8) is 0 Å². The average molecular weight is 1110 g/mol. The molecule has 18 nitrogen and oxygen atoms in total. The molecule has 0 aliphatic carbocycles. The molecule has 0 saturated heterocycles. The van der Waals surface area contributed by atoms with E-state index in [9.17, 15) is 33.6 Å². The Hall–Kier alpha value is -9.19. The van der Waals surface area contributed by atoms with Gasteiger partial charge in [0.25, 0.3) is 0 Å². The maximum absolute atomic E-state index is 13.7. The van der Waals surface area contributed by atoms with Crippen molar-refractivity contribution in [2.75, 3.05) is 52.9 Å². The molecule has 0 amide bonds. The van der Waals surface area contributed by atoms with E-state index in [-0.39, 0.29) is 47.2 Å². The molecule has 0 radical (unpaired) electrons. The minimum atomic E-state index is -0.905. The molecule has 0 N–H and O–H groups in total. The first kappa shape index (κ1) is 62.7. The lowest BCUT2D eigenvalue weighted by atomic mass is 10.1. The van der Waals surface area contributed by atoms with E-state index < -0.39 is 41.8 Å². The summed E-state index contributed by atoms with van der Waals surface area (Å²) in [5.74, 6) is -2.15. The van der Waals surface area contributed by atoms with Gasteiger partial charge in [-0.05, 0) is 192 Å². The third-order valence-corrected chi connectivity index (χ3v) is 11.6. The molecule has 0 bridgehead atoms. The molecular weight excluding hydrogens is 1040 g/mol. The maximum Gasteiger partial charge on any atom is 0.343 e. The zero-order valence-electron chi connectivity index (χ0n) is 45.3. The van der Waals surface area contributed by atoms with E-state index in [1.165, 1.54) is 30.3 Å². The molecule has 0 aliphatic rings. The van der Waals surface area contributed by atoms with Crippen LogP contribution in [0.25, 0.3) is 0 Å². The van der Waals surface area contributed by atoms with E-state index >= 15 is 0 Å². The number of benzene rings is 5. The first-order valence-corrected chi connectivity index (χ1v) is 26.7. The molecule has 0 spiro atoms. The van der Waals surface area contributed by atoms with Gasteiger partial charge in [-0.2, -0.15) is 0 Å². The number of rotatable bonds is 38. The van der Waals surface area contributed by atoms with Crippen molar-refractivity contribution in [3.8, 4) is 40.2 Å². The molecule has 428 valence electrons. The van der Waals surface area contributed by atoms with Crippen LogP contribution < -0.4 is 33.2 Å². The van der Waals surface area contributed by atoms with Gasteiger partial charge in [0.2, 0.25) is 0 Å². The molecule has 0 saturated carbocycles. The smallest absolute Gasteiger partial charge is 0.343 e. The highest BCUT2D eigenvalue weighted by atomic mass is 16.6. The molecular formula is C63H68O18. The van der Waals surface area contributed by atoms with Gasteiger partial charge in [0.1, 0.15) is 59.0 Å². The highest BCUT2D eigenvalue weighted by Crippen LogP contribution is 2.28. The van der Waals surface area contributed by atoms with Crippen molar-refractivity contribution in [1.29, 1.82) is 0 Å². The van der Waals surface area contributed by atoms with Crippen molar-refractivity contribution in [3.05, 3.63) is 175 Å². The summed E-state index contributed by atoms with van der Waals surface area (Å²) < 4.78 is 60.5. The Bertz CT molecular complexity index is 2820. The van der Waals surface area contributed by atoms with Crippen LogP contribution in [0, 0.1) is 0 Å². The molecule has 0 atom stereocenters. The fraction of sp³-hybridized carbons (Fsp3) is 0.317. The maximum atomic E-state index is 13.7. The summed E-state index contributed by atoms with van der Waals surface area (Å²) in [5, 5.41) is 0. The second kappa shape index (κ2) is 36.1. The van der Waals surface area contributed by atoms with Crippen LogP contribution in [0.4, 0.5) is 0 Å². The fourth-order valence-corrected chi connectivity index (χ4v) is 7.29. The van der Waals surface area contributed by atoms with Crippen molar-refractivity contribution in [1.82, 2.24) is 0 Å². The minimum absolute atomic E-state index is 0.0337. The van der Waals surface area contributed by atoms with Gasteiger partial charge in [0, 0.05) is 18.2 Å². The van der Waals surface area contributed by atoms with E-state index in [0.717, 1.165) is 95.3 Å². The number of carbonyl (C=O) groups excluding carboxylic acids is 7. The molecule has 0 unspecified atom stereocenters. The predicted octanol–water partition coefficient (Wildman–Crippen LogP) is 11.6. The molecule has 0 fully saturated rings. The summed E-state index contributed by atoms with van der Waals surface area (Å²) in [6.45, 7) is 12.2. The van der Waals surface area contributed by atoms with Gasteiger partial charge in [-0.25, -0.2) is 33.6 Å².